The Kier molecular flexibility index (Phi) is 3.91. The third kappa shape index (κ3) is 2.63. The number of fused-ring (bicyclic) bond motifs is 1. The van der Waals surface area contributed by atoms with Gasteiger partial charge in [-0.3, -0.25) is 0 Å². The Morgan fingerprint density at radius 3 is 2.50 bits per heavy atom. The van der Waals surface area contributed by atoms with Crippen molar-refractivity contribution < 1.29 is 0 Å². The molecule has 1 aliphatic carbocycles. The standard InChI is InChI=1S/C22H19NS/c23-21-14-22(24)19(16-7-2-1-3-8-16)13-20(21)18-12-6-10-15-9-4-5-11-17(15)18/h1-4,6-10,12-14,24H,5,11,23H2. The van der Waals surface area contributed by atoms with E-state index in [0.29, 0.717) is 0 Å². The molecule has 0 unspecified atom stereocenters. The van der Waals surface area contributed by atoms with E-state index in [4.69, 9.17) is 5.73 Å². The maximum absolute atomic E-state index is 6.37. The molecule has 2 heteroatoms. The van der Waals surface area contributed by atoms with Crippen molar-refractivity contribution in [2.45, 2.75) is 17.7 Å². The van der Waals surface area contributed by atoms with Crippen LogP contribution < -0.4 is 5.73 Å². The first-order chi connectivity index (χ1) is 11.7. The third-order valence-corrected chi connectivity index (χ3v) is 4.98. The number of nitrogen functional groups attached to an aromatic ring is 1. The lowest BCUT2D eigenvalue weighted by molar-refractivity contribution is 0.988. The Morgan fingerprint density at radius 2 is 1.67 bits per heavy atom. The first-order valence-electron chi connectivity index (χ1n) is 8.21. The lowest BCUT2D eigenvalue weighted by atomic mass is 9.88. The van der Waals surface area contributed by atoms with Crippen molar-refractivity contribution in [3.63, 3.8) is 0 Å². The van der Waals surface area contributed by atoms with Crippen LogP contribution in [-0.2, 0) is 6.42 Å². The van der Waals surface area contributed by atoms with Gasteiger partial charge in [-0.25, -0.2) is 0 Å². The summed E-state index contributed by atoms with van der Waals surface area (Å²) < 4.78 is 0. The van der Waals surface area contributed by atoms with Crippen molar-refractivity contribution in [1.82, 2.24) is 0 Å². The zero-order valence-electron chi connectivity index (χ0n) is 13.4. The van der Waals surface area contributed by atoms with Crippen molar-refractivity contribution in [3.8, 4) is 22.3 Å². The lowest BCUT2D eigenvalue weighted by Gasteiger charge is -2.18. The van der Waals surface area contributed by atoms with E-state index in [-0.39, 0.29) is 0 Å². The first kappa shape index (κ1) is 15.1. The fourth-order valence-corrected chi connectivity index (χ4v) is 3.75. The molecule has 3 aromatic carbocycles. The molecule has 0 atom stereocenters. The highest BCUT2D eigenvalue weighted by Gasteiger charge is 2.15. The molecule has 0 radical (unpaired) electrons. The van der Waals surface area contributed by atoms with Gasteiger partial charge in [-0.15, -0.1) is 12.6 Å². The van der Waals surface area contributed by atoms with Crippen LogP contribution in [-0.4, -0.2) is 0 Å². The Balaban J connectivity index is 1.93. The fourth-order valence-electron chi connectivity index (χ4n) is 3.42. The SMILES string of the molecule is Nc1cc(S)c(-c2ccccc2)cc1-c1cccc2c1CCC=C2. The van der Waals surface area contributed by atoms with Crippen molar-refractivity contribution in [2.75, 3.05) is 5.73 Å². The molecule has 1 nitrogen and oxygen atoms in total. The Labute approximate surface area is 148 Å². The van der Waals surface area contributed by atoms with E-state index in [1.54, 1.807) is 0 Å². The van der Waals surface area contributed by atoms with Crippen molar-refractivity contribution in [1.29, 1.82) is 0 Å². The summed E-state index contributed by atoms with van der Waals surface area (Å²) in [5.74, 6) is 0. The quantitative estimate of drug-likeness (QED) is 0.447. The van der Waals surface area contributed by atoms with E-state index in [0.717, 1.165) is 40.1 Å². The minimum atomic E-state index is 0.780. The average molecular weight is 329 g/mol. The van der Waals surface area contributed by atoms with Gasteiger partial charge >= 0.3 is 0 Å². The summed E-state index contributed by atoms with van der Waals surface area (Å²) >= 11 is 4.65. The second-order valence-corrected chi connectivity index (χ2v) is 6.62. The Hall–Kier alpha value is -2.45. The number of hydrogen-bond donors (Lipinski definition) is 2. The van der Waals surface area contributed by atoms with Crippen LogP contribution in [0.25, 0.3) is 28.3 Å². The number of thiol groups is 1. The van der Waals surface area contributed by atoms with E-state index < -0.39 is 0 Å². The molecular formula is C22H19NS. The van der Waals surface area contributed by atoms with Gasteiger partial charge in [-0.05, 0) is 52.8 Å². The monoisotopic (exact) mass is 329 g/mol. The second kappa shape index (κ2) is 6.21. The summed E-state index contributed by atoms with van der Waals surface area (Å²) in [6.07, 6.45) is 6.59. The molecule has 0 fully saturated rings. The summed E-state index contributed by atoms with van der Waals surface area (Å²) in [6.45, 7) is 0. The summed E-state index contributed by atoms with van der Waals surface area (Å²) in [5.41, 5.74) is 14.4. The van der Waals surface area contributed by atoms with Crippen LogP contribution in [0.4, 0.5) is 5.69 Å². The molecule has 2 N–H and O–H groups in total. The van der Waals surface area contributed by atoms with Gasteiger partial charge < -0.3 is 5.73 Å². The number of allylic oxidation sites excluding steroid dienone is 1. The Morgan fingerprint density at radius 1 is 0.833 bits per heavy atom. The molecule has 0 aliphatic heterocycles. The summed E-state index contributed by atoms with van der Waals surface area (Å²) in [5, 5.41) is 0. The minimum absolute atomic E-state index is 0.780. The normalized spacial score (nSPS) is 12.9. The zero-order valence-corrected chi connectivity index (χ0v) is 14.3. The van der Waals surface area contributed by atoms with Gasteiger partial charge in [0.1, 0.15) is 0 Å². The molecule has 1 aliphatic rings. The van der Waals surface area contributed by atoms with Crippen molar-refractivity contribution >= 4 is 24.4 Å². The summed E-state index contributed by atoms with van der Waals surface area (Å²) in [4.78, 5) is 0.909. The van der Waals surface area contributed by atoms with E-state index in [2.05, 4.69) is 61.2 Å². The van der Waals surface area contributed by atoms with Gasteiger partial charge in [0, 0.05) is 16.1 Å². The van der Waals surface area contributed by atoms with E-state index >= 15 is 0 Å². The Bertz CT molecular complexity index is 926. The summed E-state index contributed by atoms with van der Waals surface area (Å²) in [7, 11) is 0. The molecule has 24 heavy (non-hydrogen) atoms. The van der Waals surface area contributed by atoms with Gasteiger partial charge in [0.25, 0.3) is 0 Å². The second-order valence-electron chi connectivity index (χ2n) is 6.14. The van der Waals surface area contributed by atoms with E-state index in [9.17, 15) is 0 Å². The molecular weight excluding hydrogens is 310 g/mol. The largest absolute Gasteiger partial charge is 0.398 e. The first-order valence-corrected chi connectivity index (χ1v) is 8.65. The maximum Gasteiger partial charge on any atom is 0.0405 e. The highest BCUT2D eigenvalue weighted by atomic mass is 32.1. The highest BCUT2D eigenvalue weighted by Crippen LogP contribution is 2.39. The van der Waals surface area contributed by atoms with Gasteiger partial charge in [-0.1, -0.05) is 60.7 Å². The average Bonchev–Trinajstić information content (AvgIpc) is 2.62. The number of benzene rings is 3. The zero-order chi connectivity index (χ0) is 16.5. The van der Waals surface area contributed by atoms with Crippen LogP contribution in [0.5, 0.6) is 0 Å². The van der Waals surface area contributed by atoms with Crippen LogP contribution >= 0.6 is 12.6 Å². The van der Waals surface area contributed by atoms with Crippen molar-refractivity contribution in [2.24, 2.45) is 0 Å². The molecule has 0 aromatic heterocycles. The number of nitrogens with two attached hydrogens (primary N) is 1. The van der Waals surface area contributed by atoms with Crippen molar-refractivity contribution in [3.05, 3.63) is 77.9 Å². The fraction of sp³-hybridized carbons (Fsp3) is 0.0909. The van der Waals surface area contributed by atoms with Crippen LogP contribution in [0.3, 0.4) is 0 Å². The molecule has 3 aromatic rings. The molecule has 0 bridgehead atoms. The molecule has 118 valence electrons. The van der Waals surface area contributed by atoms with E-state index in [1.165, 1.54) is 16.7 Å². The maximum atomic E-state index is 6.37. The van der Waals surface area contributed by atoms with Gasteiger partial charge in [0.05, 0.1) is 0 Å². The van der Waals surface area contributed by atoms with Crippen LogP contribution in [0.2, 0.25) is 0 Å². The molecule has 0 saturated carbocycles. The third-order valence-electron chi connectivity index (χ3n) is 4.61. The topological polar surface area (TPSA) is 26.0 Å². The van der Waals surface area contributed by atoms with E-state index in [1.807, 2.05) is 24.3 Å². The van der Waals surface area contributed by atoms with Gasteiger partial charge in [0.15, 0.2) is 0 Å². The van der Waals surface area contributed by atoms with Crippen LogP contribution in [0.15, 0.2) is 71.6 Å². The molecule has 0 amide bonds. The molecule has 0 spiro atoms. The smallest absolute Gasteiger partial charge is 0.0405 e. The molecule has 4 rings (SSSR count). The van der Waals surface area contributed by atoms with Crippen LogP contribution in [0.1, 0.15) is 17.5 Å². The molecule has 0 saturated heterocycles. The lowest BCUT2D eigenvalue weighted by Crippen LogP contribution is -2.00. The van der Waals surface area contributed by atoms with Gasteiger partial charge in [-0.2, -0.15) is 0 Å². The minimum Gasteiger partial charge on any atom is -0.398 e. The highest BCUT2D eigenvalue weighted by molar-refractivity contribution is 7.80. The predicted molar refractivity (Wildman–Crippen MR) is 106 cm³/mol. The number of anilines is 1. The number of rotatable bonds is 2. The summed E-state index contributed by atoms with van der Waals surface area (Å²) in [6, 6.07) is 21.0. The number of hydrogen-bond acceptors (Lipinski definition) is 2. The molecule has 0 heterocycles. The van der Waals surface area contributed by atoms with Gasteiger partial charge in [0.2, 0.25) is 0 Å². The predicted octanol–water partition coefficient (Wildman–Crippen LogP) is 5.85. The van der Waals surface area contributed by atoms with Crippen LogP contribution in [0, 0.1) is 0 Å².